The summed E-state index contributed by atoms with van der Waals surface area (Å²) in [6.45, 7) is 0.947. The van der Waals surface area contributed by atoms with E-state index in [1.165, 1.54) is 0 Å². The lowest BCUT2D eigenvalue weighted by Crippen LogP contribution is -1.98. The van der Waals surface area contributed by atoms with Gasteiger partial charge in [0.15, 0.2) is 0 Å². The summed E-state index contributed by atoms with van der Waals surface area (Å²) in [5, 5.41) is 0. The van der Waals surface area contributed by atoms with Gasteiger partial charge >= 0.3 is 0 Å². The molecule has 2 rings (SSSR count). The van der Waals surface area contributed by atoms with E-state index in [-0.39, 0.29) is 0 Å². The van der Waals surface area contributed by atoms with Crippen molar-refractivity contribution in [2.75, 3.05) is 0 Å². The monoisotopic (exact) mass is 162 g/mol. The van der Waals surface area contributed by atoms with Crippen molar-refractivity contribution in [3.63, 3.8) is 0 Å². The summed E-state index contributed by atoms with van der Waals surface area (Å²) in [7, 11) is 0. The molecule has 2 aromatic rings. The van der Waals surface area contributed by atoms with Gasteiger partial charge < -0.3 is 9.55 Å². The van der Waals surface area contributed by atoms with Gasteiger partial charge in [0.05, 0.1) is 12.7 Å². The topological polar surface area (TPSA) is 46.5 Å². The lowest BCUT2D eigenvalue weighted by molar-refractivity contribution is 0.687. The van der Waals surface area contributed by atoms with E-state index < -0.39 is 0 Å². The minimum Gasteiger partial charge on any atom is -0.348 e. The van der Waals surface area contributed by atoms with Crippen LogP contribution in [0.5, 0.6) is 0 Å². The normalized spacial score (nSPS) is 10.3. The average Bonchev–Trinajstić information content (AvgIpc) is 2.74. The molecule has 0 bridgehead atoms. The van der Waals surface area contributed by atoms with Crippen LogP contribution >= 0.6 is 0 Å². The van der Waals surface area contributed by atoms with Gasteiger partial charge in [-0.3, -0.25) is 0 Å². The highest BCUT2D eigenvalue weighted by atomic mass is 15.0. The van der Waals surface area contributed by atoms with Crippen LogP contribution < -0.4 is 0 Å². The van der Waals surface area contributed by atoms with Gasteiger partial charge in [-0.1, -0.05) is 0 Å². The van der Waals surface area contributed by atoms with E-state index in [4.69, 9.17) is 0 Å². The third-order valence-electron chi connectivity index (χ3n) is 1.75. The second-order valence-corrected chi connectivity index (χ2v) is 2.63. The van der Waals surface area contributed by atoms with Crippen molar-refractivity contribution in [2.24, 2.45) is 0 Å². The zero-order valence-electron chi connectivity index (χ0n) is 6.64. The Morgan fingerprint density at radius 3 is 3.08 bits per heavy atom. The fourth-order valence-corrected chi connectivity index (χ4v) is 1.09. The summed E-state index contributed by atoms with van der Waals surface area (Å²) >= 11 is 0. The summed E-state index contributed by atoms with van der Waals surface area (Å²) in [5.41, 5.74) is 1.16. The third kappa shape index (κ3) is 1.53. The summed E-state index contributed by atoms with van der Waals surface area (Å²) in [4.78, 5) is 11.0. The van der Waals surface area contributed by atoms with Gasteiger partial charge in [0.25, 0.3) is 0 Å². The Labute approximate surface area is 70.3 Å². The van der Waals surface area contributed by atoms with Crippen LogP contribution in [0.15, 0.2) is 31.2 Å². The summed E-state index contributed by atoms with van der Waals surface area (Å²) < 4.78 is 2.04. The molecule has 0 saturated carbocycles. The van der Waals surface area contributed by atoms with E-state index in [9.17, 15) is 0 Å². The minimum absolute atomic E-state index is 0.947. The molecule has 0 saturated heterocycles. The number of nitrogens with zero attached hydrogens (tertiary/aromatic N) is 3. The number of nitrogens with one attached hydrogen (secondary N) is 1. The molecule has 0 unspecified atom stereocenters. The molecular formula is C8H10N4. The van der Waals surface area contributed by atoms with Gasteiger partial charge in [-0.2, -0.15) is 0 Å². The molecule has 0 radical (unpaired) electrons. The SMILES string of the molecule is c1cn(CCc2cnc[nH]2)cn1. The molecule has 62 valence electrons. The second-order valence-electron chi connectivity index (χ2n) is 2.63. The highest BCUT2D eigenvalue weighted by molar-refractivity contribution is 4.94. The van der Waals surface area contributed by atoms with Crippen molar-refractivity contribution in [3.05, 3.63) is 36.9 Å². The largest absolute Gasteiger partial charge is 0.348 e. The number of hydrogen-bond acceptors (Lipinski definition) is 2. The third-order valence-corrected chi connectivity index (χ3v) is 1.75. The van der Waals surface area contributed by atoms with E-state index in [1.807, 2.05) is 23.3 Å². The molecule has 0 amide bonds. The van der Waals surface area contributed by atoms with Crippen molar-refractivity contribution in [3.8, 4) is 0 Å². The van der Waals surface area contributed by atoms with Crippen LogP contribution in [-0.2, 0) is 13.0 Å². The number of aryl methyl sites for hydroxylation is 2. The van der Waals surface area contributed by atoms with Crippen molar-refractivity contribution in [1.29, 1.82) is 0 Å². The van der Waals surface area contributed by atoms with Crippen LogP contribution in [0.3, 0.4) is 0 Å². The molecule has 0 aliphatic rings. The molecule has 2 aromatic heterocycles. The average molecular weight is 162 g/mol. The fourth-order valence-electron chi connectivity index (χ4n) is 1.09. The Hall–Kier alpha value is -1.58. The van der Waals surface area contributed by atoms with E-state index in [0.29, 0.717) is 0 Å². The van der Waals surface area contributed by atoms with Crippen molar-refractivity contribution in [2.45, 2.75) is 13.0 Å². The van der Waals surface area contributed by atoms with Crippen LogP contribution in [0.1, 0.15) is 5.69 Å². The molecule has 0 spiro atoms. The maximum atomic E-state index is 3.96. The predicted octanol–water partition coefficient (Wildman–Crippen LogP) is 0.849. The number of rotatable bonds is 3. The van der Waals surface area contributed by atoms with Gasteiger partial charge in [-0.05, 0) is 0 Å². The first-order valence-corrected chi connectivity index (χ1v) is 3.88. The summed E-state index contributed by atoms with van der Waals surface area (Å²) in [6, 6.07) is 0. The standard InChI is InChI=1S/C8H10N4/c1(8-5-10-6-11-8)3-12-4-2-9-7-12/h2,4-7H,1,3H2,(H,10,11). The first kappa shape index (κ1) is 7.09. The van der Waals surface area contributed by atoms with Gasteiger partial charge in [0.1, 0.15) is 0 Å². The Morgan fingerprint density at radius 2 is 2.42 bits per heavy atom. The highest BCUT2D eigenvalue weighted by Gasteiger charge is 1.93. The zero-order valence-corrected chi connectivity index (χ0v) is 6.64. The van der Waals surface area contributed by atoms with E-state index >= 15 is 0 Å². The van der Waals surface area contributed by atoms with Crippen molar-refractivity contribution in [1.82, 2.24) is 19.5 Å². The smallest absolute Gasteiger partial charge is 0.0946 e. The van der Waals surface area contributed by atoms with Crippen molar-refractivity contribution < 1.29 is 0 Å². The van der Waals surface area contributed by atoms with E-state index in [0.717, 1.165) is 18.7 Å². The molecule has 1 N–H and O–H groups in total. The van der Waals surface area contributed by atoms with Crippen molar-refractivity contribution >= 4 is 0 Å². The molecule has 0 atom stereocenters. The minimum atomic E-state index is 0.947. The first-order chi connectivity index (χ1) is 5.95. The number of aromatic amines is 1. The van der Waals surface area contributed by atoms with Crippen LogP contribution in [0.4, 0.5) is 0 Å². The number of hydrogen-bond donors (Lipinski definition) is 1. The molecule has 12 heavy (non-hydrogen) atoms. The first-order valence-electron chi connectivity index (χ1n) is 3.88. The van der Waals surface area contributed by atoms with Gasteiger partial charge in [-0.25, -0.2) is 9.97 Å². The number of imidazole rings is 2. The Balaban J connectivity index is 1.91. The molecule has 0 aliphatic carbocycles. The van der Waals surface area contributed by atoms with Gasteiger partial charge in [-0.15, -0.1) is 0 Å². The van der Waals surface area contributed by atoms with Crippen LogP contribution in [0, 0.1) is 0 Å². The van der Waals surface area contributed by atoms with Crippen LogP contribution in [0.25, 0.3) is 0 Å². The molecule has 2 heterocycles. The maximum absolute atomic E-state index is 3.96. The molecule has 0 fully saturated rings. The van der Waals surface area contributed by atoms with E-state index in [2.05, 4.69) is 15.0 Å². The maximum Gasteiger partial charge on any atom is 0.0946 e. The molecule has 0 aliphatic heterocycles. The number of aromatic nitrogens is 4. The lowest BCUT2D eigenvalue weighted by Gasteiger charge is -1.98. The molecule has 0 aromatic carbocycles. The Morgan fingerprint density at radius 1 is 1.42 bits per heavy atom. The summed E-state index contributed by atoms with van der Waals surface area (Å²) in [6.07, 6.45) is 10.1. The molecule has 4 heteroatoms. The molecule has 4 nitrogen and oxygen atoms in total. The lowest BCUT2D eigenvalue weighted by atomic mass is 10.3. The number of H-pyrrole nitrogens is 1. The van der Waals surface area contributed by atoms with Crippen LogP contribution in [0.2, 0.25) is 0 Å². The van der Waals surface area contributed by atoms with E-state index in [1.54, 1.807) is 12.5 Å². The predicted molar refractivity (Wildman–Crippen MR) is 44.5 cm³/mol. The Bertz CT molecular complexity index is 274. The fraction of sp³-hybridized carbons (Fsp3) is 0.250. The Kier molecular flexibility index (Phi) is 1.90. The summed E-state index contributed by atoms with van der Waals surface area (Å²) in [5.74, 6) is 0. The van der Waals surface area contributed by atoms with Gasteiger partial charge in [0.2, 0.25) is 0 Å². The zero-order chi connectivity index (χ0) is 8.23. The quantitative estimate of drug-likeness (QED) is 0.727. The van der Waals surface area contributed by atoms with Crippen LogP contribution in [-0.4, -0.2) is 19.5 Å². The highest BCUT2D eigenvalue weighted by Crippen LogP contribution is 1.95. The second kappa shape index (κ2) is 3.21. The van der Waals surface area contributed by atoms with Gasteiger partial charge in [0, 0.05) is 37.3 Å². The molecular weight excluding hydrogens is 152 g/mol.